The van der Waals surface area contributed by atoms with Gasteiger partial charge in [0.25, 0.3) is 0 Å². The minimum Gasteiger partial charge on any atom is -0.344 e. The first-order valence-electron chi connectivity index (χ1n) is 6.38. The molecule has 92 valence electrons. The lowest BCUT2D eigenvalue weighted by atomic mass is 10.0. The molecule has 2 nitrogen and oxygen atoms in total. The highest BCUT2D eigenvalue weighted by molar-refractivity contribution is 6.08. The number of benzene rings is 2. The van der Waals surface area contributed by atoms with E-state index in [0.29, 0.717) is 0 Å². The Balaban J connectivity index is 2.29. The van der Waals surface area contributed by atoms with Crippen molar-refractivity contribution in [2.24, 2.45) is 12.8 Å². The molecule has 2 aromatic carbocycles. The Bertz CT molecular complexity index is 708. The minimum absolute atomic E-state index is 0.206. The molecule has 0 saturated heterocycles. The smallest absolute Gasteiger partial charge is 0.0488 e. The maximum atomic E-state index is 5.88. The minimum atomic E-state index is 0.206. The molecule has 0 aliphatic carbocycles. The standard InChI is InChI=1S/C16H18N2/c1-11(17)9-12-7-8-16-14(10-12)13-5-3-4-6-15(13)18(16)2/h3-8,10-11H,9,17H2,1-2H3. The monoisotopic (exact) mass is 238 g/mol. The van der Waals surface area contributed by atoms with E-state index in [-0.39, 0.29) is 6.04 Å². The molecule has 18 heavy (non-hydrogen) atoms. The van der Waals surface area contributed by atoms with Gasteiger partial charge in [0.2, 0.25) is 0 Å². The molecule has 1 atom stereocenters. The van der Waals surface area contributed by atoms with Crippen LogP contribution in [0.3, 0.4) is 0 Å². The van der Waals surface area contributed by atoms with Crippen molar-refractivity contribution in [3.05, 3.63) is 48.0 Å². The first-order valence-corrected chi connectivity index (χ1v) is 6.38. The first-order chi connectivity index (χ1) is 8.66. The average Bonchev–Trinajstić information content (AvgIpc) is 2.63. The highest BCUT2D eigenvalue weighted by Gasteiger charge is 2.08. The largest absolute Gasteiger partial charge is 0.344 e. The average molecular weight is 238 g/mol. The van der Waals surface area contributed by atoms with Crippen LogP contribution in [-0.4, -0.2) is 10.6 Å². The van der Waals surface area contributed by atoms with Gasteiger partial charge in [-0.15, -0.1) is 0 Å². The van der Waals surface area contributed by atoms with Gasteiger partial charge in [-0.3, -0.25) is 0 Å². The number of hydrogen-bond acceptors (Lipinski definition) is 1. The molecule has 0 saturated carbocycles. The van der Waals surface area contributed by atoms with E-state index >= 15 is 0 Å². The molecule has 0 fully saturated rings. The Morgan fingerprint density at radius 3 is 2.56 bits per heavy atom. The maximum absolute atomic E-state index is 5.88. The molecule has 0 radical (unpaired) electrons. The summed E-state index contributed by atoms with van der Waals surface area (Å²) in [4.78, 5) is 0. The van der Waals surface area contributed by atoms with Crippen LogP contribution in [0.2, 0.25) is 0 Å². The Kier molecular flexibility index (Phi) is 2.60. The molecule has 2 heteroatoms. The maximum Gasteiger partial charge on any atom is 0.0488 e. The SMILES string of the molecule is CC(N)Cc1ccc2c(c1)c1ccccc1n2C. The quantitative estimate of drug-likeness (QED) is 0.730. The normalized spacial score (nSPS) is 13.3. The molecule has 0 amide bonds. The van der Waals surface area contributed by atoms with Gasteiger partial charge in [0.15, 0.2) is 0 Å². The molecule has 0 aliphatic rings. The predicted molar refractivity (Wildman–Crippen MR) is 77.8 cm³/mol. The summed E-state index contributed by atoms with van der Waals surface area (Å²) in [5.74, 6) is 0. The van der Waals surface area contributed by atoms with Crippen LogP contribution in [0.5, 0.6) is 0 Å². The molecule has 0 bridgehead atoms. The van der Waals surface area contributed by atoms with E-state index in [1.54, 1.807) is 0 Å². The van der Waals surface area contributed by atoms with Crippen LogP contribution in [0.25, 0.3) is 21.8 Å². The van der Waals surface area contributed by atoms with Gasteiger partial charge in [0.1, 0.15) is 0 Å². The van der Waals surface area contributed by atoms with Gasteiger partial charge in [-0.25, -0.2) is 0 Å². The molecular formula is C16H18N2. The number of fused-ring (bicyclic) bond motifs is 3. The third kappa shape index (κ3) is 1.70. The molecule has 1 heterocycles. The lowest BCUT2D eigenvalue weighted by molar-refractivity contribution is 0.739. The highest BCUT2D eigenvalue weighted by atomic mass is 14.9. The highest BCUT2D eigenvalue weighted by Crippen LogP contribution is 2.28. The Morgan fingerprint density at radius 1 is 1.06 bits per heavy atom. The molecule has 1 unspecified atom stereocenters. The second-order valence-corrected chi connectivity index (χ2v) is 5.11. The summed E-state index contributed by atoms with van der Waals surface area (Å²) in [7, 11) is 2.12. The summed E-state index contributed by atoms with van der Waals surface area (Å²) < 4.78 is 2.25. The molecule has 3 aromatic rings. The van der Waals surface area contributed by atoms with E-state index in [1.165, 1.54) is 27.4 Å². The van der Waals surface area contributed by atoms with Crippen LogP contribution in [0.15, 0.2) is 42.5 Å². The van der Waals surface area contributed by atoms with E-state index in [0.717, 1.165) is 6.42 Å². The third-order valence-electron chi connectivity index (χ3n) is 3.54. The van der Waals surface area contributed by atoms with Gasteiger partial charge < -0.3 is 10.3 Å². The fourth-order valence-electron chi connectivity index (χ4n) is 2.71. The second-order valence-electron chi connectivity index (χ2n) is 5.11. The number of nitrogens with two attached hydrogens (primary N) is 1. The van der Waals surface area contributed by atoms with Crippen molar-refractivity contribution in [3.63, 3.8) is 0 Å². The summed E-state index contributed by atoms with van der Waals surface area (Å²) in [6.07, 6.45) is 0.930. The van der Waals surface area contributed by atoms with Crippen molar-refractivity contribution in [1.82, 2.24) is 4.57 Å². The number of aromatic nitrogens is 1. The zero-order chi connectivity index (χ0) is 12.7. The van der Waals surface area contributed by atoms with Gasteiger partial charge in [-0.2, -0.15) is 0 Å². The van der Waals surface area contributed by atoms with Crippen molar-refractivity contribution in [1.29, 1.82) is 0 Å². The predicted octanol–water partition coefficient (Wildman–Crippen LogP) is 3.22. The lowest BCUT2D eigenvalue weighted by Gasteiger charge is -2.05. The number of nitrogens with zero attached hydrogens (tertiary/aromatic N) is 1. The molecule has 0 aliphatic heterocycles. The van der Waals surface area contributed by atoms with Crippen LogP contribution < -0.4 is 5.73 Å². The van der Waals surface area contributed by atoms with Crippen molar-refractivity contribution in [2.45, 2.75) is 19.4 Å². The van der Waals surface area contributed by atoms with Gasteiger partial charge >= 0.3 is 0 Å². The molecule has 3 rings (SSSR count). The van der Waals surface area contributed by atoms with E-state index in [2.05, 4.69) is 54.1 Å². The Morgan fingerprint density at radius 2 is 1.78 bits per heavy atom. The number of rotatable bonds is 2. The summed E-state index contributed by atoms with van der Waals surface area (Å²) in [6.45, 7) is 2.05. The Hall–Kier alpha value is -1.80. The van der Waals surface area contributed by atoms with E-state index in [1.807, 2.05) is 6.92 Å². The number of aryl methyl sites for hydroxylation is 1. The topological polar surface area (TPSA) is 30.9 Å². The van der Waals surface area contributed by atoms with Crippen LogP contribution in [0.4, 0.5) is 0 Å². The van der Waals surface area contributed by atoms with E-state index in [4.69, 9.17) is 5.73 Å². The third-order valence-corrected chi connectivity index (χ3v) is 3.54. The number of hydrogen-bond donors (Lipinski definition) is 1. The van der Waals surface area contributed by atoms with Crippen LogP contribution in [0.1, 0.15) is 12.5 Å². The zero-order valence-corrected chi connectivity index (χ0v) is 10.9. The second kappa shape index (κ2) is 4.14. The molecule has 2 N–H and O–H groups in total. The van der Waals surface area contributed by atoms with E-state index in [9.17, 15) is 0 Å². The van der Waals surface area contributed by atoms with Gasteiger partial charge in [0.05, 0.1) is 0 Å². The number of para-hydroxylation sites is 1. The fourth-order valence-corrected chi connectivity index (χ4v) is 2.71. The van der Waals surface area contributed by atoms with E-state index < -0.39 is 0 Å². The summed E-state index contributed by atoms with van der Waals surface area (Å²) >= 11 is 0. The summed E-state index contributed by atoms with van der Waals surface area (Å²) in [5, 5.41) is 2.65. The fraction of sp³-hybridized carbons (Fsp3) is 0.250. The molecule has 0 spiro atoms. The summed E-state index contributed by atoms with van der Waals surface area (Å²) in [6, 6.07) is 15.4. The van der Waals surface area contributed by atoms with Crippen LogP contribution >= 0.6 is 0 Å². The van der Waals surface area contributed by atoms with Crippen molar-refractivity contribution < 1.29 is 0 Å². The first kappa shape index (κ1) is 11.3. The molecule has 1 aromatic heterocycles. The Labute approximate surface area is 107 Å². The lowest BCUT2D eigenvalue weighted by Crippen LogP contribution is -2.17. The van der Waals surface area contributed by atoms with Crippen LogP contribution in [-0.2, 0) is 13.5 Å². The van der Waals surface area contributed by atoms with Crippen molar-refractivity contribution in [3.8, 4) is 0 Å². The van der Waals surface area contributed by atoms with Gasteiger partial charge in [-0.1, -0.05) is 24.3 Å². The van der Waals surface area contributed by atoms with Gasteiger partial charge in [-0.05, 0) is 37.1 Å². The summed E-state index contributed by atoms with van der Waals surface area (Å²) in [5.41, 5.74) is 9.76. The van der Waals surface area contributed by atoms with Crippen molar-refractivity contribution >= 4 is 21.8 Å². The van der Waals surface area contributed by atoms with Crippen LogP contribution in [0, 0.1) is 0 Å². The zero-order valence-electron chi connectivity index (χ0n) is 10.9. The van der Waals surface area contributed by atoms with Crippen molar-refractivity contribution in [2.75, 3.05) is 0 Å². The molecular weight excluding hydrogens is 220 g/mol. The van der Waals surface area contributed by atoms with Gasteiger partial charge in [0, 0.05) is 34.9 Å².